The molecule has 1 aliphatic heterocycles. The molecular weight excluding hydrogens is 511 g/mol. The van der Waals surface area contributed by atoms with Gasteiger partial charge in [-0.3, -0.25) is 9.20 Å². The van der Waals surface area contributed by atoms with Crippen LogP contribution in [0.4, 0.5) is 18.0 Å². The first kappa shape index (κ1) is 26.2. The number of benzene rings is 2. The van der Waals surface area contributed by atoms with Crippen LogP contribution < -0.4 is 5.32 Å². The number of carbonyl (C=O) groups excluding carboxylic acids is 2. The van der Waals surface area contributed by atoms with E-state index < -0.39 is 29.9 Å². The molecule has 2 aromatic heterocycles. The first-order valence-corrected chi connectivity index (χ1v) is 12.5. The predicted octanol–water partition coefficient (Wildman–Crippen LogP) is 4.95. The monoisotopic (exact) mass is 537 g/mol. The number of alkyl halides is 3. The molecule has 2 atom stereocenters. The molecule has 0 spiro atoms. The first-order valence-electron chi connectivity index (χ1n) is 12.5. The van der Waals surface area contributed by atoms with Crippen LogP contribution in [0.5, 0.6) is 0 Å². The van der Waals surface area contributed by atoms with Gasteiger partial charge >= 0.3 is 12.3 Å². The van der Waals surface area contributed by atoms with E-state index in [2.05, 4.69) is 15.5 Å². The molecule has 1 saturated heterocycles. The molecule has 39 heavy (non-hydrogen) atoms. The first-order chi connectivity index (χ1) is 18.8. The van der Waals surface area contributed by atoms with Gasteiger partial charge in [0.25, 0.3) is 0 Å². The maximum absolute atomic E-state index is 13.8. The van der Waals surface area contributed by atoms with Gasteiger partial charge in [-0.25, -0.2) is 4.79 Å². The topological polar surface area (TPSA) is 88.8 Å². The van der Waals surface area contributed by atoms with E-state index in [9.17, 15) is 22.8 Å². The number of hydrogen-bond donors (Lipinski definition) is 1. The molecule has 0 bridgehead atoms. The van der Waals surface area contributed by atoms with Gasteiger partial charge in [0.2, 0.25) is 5.91 Å². The molecule has 2 amide bonds. The second-order valence-electron chi connectivity index (χ2n) is 9.31. The Balaban J connectivity index is 1.38. The maximum Gasteiger partial charge on any atom is 0.420 e. The van der Waals surface area contributed by atoms with Crippen molar-refractivity contribution in [1.29, 1.82) is 0 Å². The van der Waals surface area contributed by atoms with Crippen LogP contribution in [0.15, 0.2) is 79.0 Å². The number of nitrogens with one attached hydrogen (secondary N) is 1. The Hall–Kier alpha value is -4.41. The molecule has 11 heteroatoms. The van der Waals surface area contributed by atoms with Crippen molar-refractivity contribution < 1.29 is 27.5 Å². The van der Waals surface area contributed by atoms with Crippen molar-refractivity contribution in [2.75, 3.05) is 6.54 Å². The summed E-state index contributed by atoms with van der Waals surface area (Å²) in [7, 11) is 0. The quantitative estimate of drug-likeness (QED) is 0.361. The summed E-state index contributed by atoms with van der Waals surface area (Å²) >= 11 is 0. The minimum Gasteiger partial charge on any atom is -0.445 e. The average Bonchev–Trinajstić information content (AvgIpc) is 3.59. The minimum atomic E-state index is -4.59. The lowest BCUT2D eigenvalue weighted by molar-refractivity contribution is -0.137. The maximum atomic E-state index is 13.8. The number of fused-ring (bicyclic) bond motifs is 1. The van der Waals surface area contributed by atoms with Crippen molar-refractivity contribution in [3.05, 3.63) is 102 Å². The molecule has 3 heterocycles. The summed E-state index contributed by atoms with van der Waals surface area (Å²) < 4.78 is 47.2. The summed E-state index contributed by atoms with van der Waals surface area (Å²) in [6.07, 6.45) is -2.54. The lowest BCUT2D eigenvalue weighted by Gasteiger charge is -2.28. The lowest BCUT2D eigenvalue weighted by Crippen LogP contribution is -2.49. The fourth-order valence-corrected chi connectivity index (χ4v) is 4.84. The number of carbonyl (C=O) groups is 2. The fraction of sp³-hybridized carbons (Fsp3) is 0.286. The van der Waals surface area contributed by atoms with Gasteiger partial charge in [0.05, 0.1) is 6.04 Å². The van der Waals surface area contributed by atoms with Crippen molar-refractivity contribution in [1.82, 2.24) is 24.8 Å². The second-order valence-corrected chi connectivity index (χ2v) is 9.31. The Morgan fingerprint density at radius 2 is 1.67 bits per heavy atom. The predicted molar refractivity (Wildman–Crippen MR) is 135 cm³/mol. The number of aromatic nitrogens is 3. The van der Waals surface area contributed by atoms with E-state index in [-0.39, 0.29) is 30.4 Å². The third-order valence-electron chi connectivity index (χ3n) is 6.69. The number of hydrogen-bond acceptors (Lipinski definition) is 5. The molecular formula is C28H26F3N5O3. The van der Waals surface area contributed by atoms with E-state index in [4.69, 9.17) is 4.74 Å². The van der Waals surface area contributed by atoms with Crippen molar-refractivity contribution in [3.63, 3.8) is 0 Å². The Kier molecular flexibility index (Phi) is 7.49. The smallest absolute Gasteiger partial charge is 0.420 e. The summed E-state index contributed by atoms with van der Waals surface area (Å²) in [5.41, 5.74) is 0.417. The van der Waals surface area contributed by atoms with Crippen molar-refractivity contribution in [2.24, 2.45) is 0 Å². The van der Waals surface area contributed by atoms with Crippen LogP contribution in [0.3, 0.4) is 0 Å². The van der Waals surface area contributed by atoms with Crippen molar-refractivity contribution >= 4 is 17.6 Å². The minimum absolute atomic E-state index is 0.0402. The Morgan fingerprint density at radius 3 is 2.36 bits per heavy atom. The SMILES string of the molecule is O=C(N[C@H](Cc1ccccc1)C(=O)N1CCCC1c1nnc2c(C(F)(F)F)cccn12)OCc1ccccc1. The van der Waals surface area contributed by atoms with Crippen LogP contribution in [0.25, 0.3) is 5.65 Å². The standard InChI is InChI=1S/C28H26F3N5O3/c29-28(30,31)21-13-7-16-36-24(21)33-34-25(36)23-14-8-15-35(23)26(37)22(17-19-9-3-1-4-10-19)32-27(38)39-18-20-11-5-2-6-12-20/h1-7,9-13,16,22-23H,8,14-15,17-18H2,(H,32,38)/t22-,23?/m1/s1. The molecule has 2 aromatic carbocycles. The van der Waals surface area contributed by atoms with Crippen LogP contribution in [0.2, 0.25) is 0 Å². The largest absolute Gasteiger partial charge is 0.445 e. The number of ether oxygens (including phenoxy) is 1. The van der Waals surface area contributed by atoms with Gasteiger partial charge in [-0.05, 0) is 36.1 Å². The lowest BCUT2D eigenvalue weighted by atomic mass is 10.0. The molecule has 0 radical (unpaired) electrons. The highest BCUT2D eigenvalue weighted by Gasteiger charge is 2.39. The third-order valence-corrected chi connectivity index (χ3v) is 6.69. The number of nitrogens with zero attached hydrogens (tertiary/aromatic N) is 4. The fourth-order valence-electron chi connectivity index (χ4n) is 4.84. The van der Waals surface area contributed by atoms with E-state index in [0.717, 1.165) is 17.2 Å². The molecule has 1 aliphatic rings. The van der Waals surface area contributed by atoms with E-state index in [1.165, 1.54) is 16.7 Å². The summed E-state index contributed by atoms with van der Waals surface area (Å²) in [5.74, 6) is -0.131. The molecule has 4 aromatic rings. The van der Waals surface area contributed by atoms with Crippen LogP contribution in [-0.4, -0.2) is 44.1 Å². The highest BCUT2D eigenvalue weighted by Crippen LogP contribution is 2.35. The summed E-state index contributed by atoms with van der Waals surface area (Å²) in [6, 6.07) is 19.1. The Bertz CT molecular complexity index is 1440. The number of halogens is 3. The molecule has 1 unspecified atom stereocenters. The molecule has 1 fully saturated rings. The Labute approximate surface area is 222 Å². The molecule has 8 nitrogen and oxygen atoms in total. The van der Waals surface area contributed by atoms with Gasteiger partial charge in [-0.2, -0.15) is 13.2 Å². The molecule has 0 saturated carbocycles. The van der Waals surface area contributed by atoms with Gasteiger partial charge < -0.3 is 15.0 Å². The summed E-state index contributed by atoms with van der Waals surface area (Å²) in [4.78, 5) is 28.1. The van der Waals surface area contributed by atoms with Crippen molar-refractivity contribution in [2.45, 2.75) is 44.1 Å². The molecule has 0 aliphatic carbocycles. The third kappa shape index (κ3) is 5.87. The zero-order valence-corrected chi connectivity index (χ0v) is 20.8. The zero-order chi connectivity index (χ0) is 27.4. The van der Waals surface area contributed by atoms with Gasteiger partial charge in [0, 0.05) is 19.2 Å². The number of alkyl carbamates (subject to hydrolysis) is 1. The number of likely N-dealkylation sites (tertiary alicyclic amines) is 1. The van der Waals surface area contributed by atoms with Crippen LogP contribution in [0.1, 0.15) is 41.4 Å². The van der Waals surface area contributed by atoms with E-state index in [0.29, 0.717) is 19.4 Å². The zero-order valence-electron chi connectivity index (χ0n) is 20.8. The van der Waals surface area contributed by atoms with E-state index in [1.807, 2.05) is 60.7 Å². The van der Waals surface area contributed by atoms with E-state index >= 15 is 0 Å². The summed E-state index contributed by atoms with van der Waals surface area (Å²) in [5, 5.41) is 10.6. The number of rotatable bonds is 7. The van der Waals surface area contributed by atoms with Gasteiger partial charge in [-0.15, -0.1) is 10.2 Å². The van der Waals surface area contributed by atoms with Crippen molar-refractivity contribution in [3.8, 4) is 0 Å². The van der Waals surface area contributed by atoms with Crippen LogP contribution in [-0.2, 0) is 28.7 Å². The second kappa shape index (κ2) is 11.1. The summed E-state index contributed by atoms with van der Waals surface area (Å²) in [6.45, 7) is 0.405. The van der Waals surface area contributed by atoms with Gasteiger partial charge in [-0.1, -0.05) is 60.7 Å². The molecule has 202 valence electrons. The molecule has 5 rings (SSSR count). The van der Waals surface area contributed by atoms with Crippen LogP contribution in [0, 0.1) is 0 Å². The van der Waals surface area contributed by atoms with Gasteiger partial charge in [0.1, 0.15) is 18.2 Å². The highest BCUT2D eigenvalue weighted by atomic mass is 19.4. The number of amides is 2. The number of pyridine rings is 1. The highest BCUT2D eigenvalue weighted by molar-refractivity contribution is 5.86. The van der Waals surface area contributed by atoms with Gasteiger partial charge in [0.15, 0.2) is 11.5 Å². The van der Waals surface area contributed by atoms with Crippen LogP contribution >= 0.6 is 0 Å². The normalized spacial score (nSPS) is 16.3. The van der Waals surface area contributed by atoms with E-state index in [1.54, 1.807) is 4.90 Å². The molecule has 1 N–H and O–H groups in total. The average molecular weight is 538 g/mol. The Morgan fingerprint density at radius 1 is 0.974 bits per heavy atom.